The lowest BCUT2D eigenvalue weighted by atomic mass is 10.0. The number of carbonyl (C=O) groups excluding carboxylic acids is 1. The van der Waals surface area contributed by atoms with Crippen LogP contribution >= 0.6 is 0 Å². The summed E-state index contributed by atoms with van der Waals surface area (Å²) in [5, 5.41) is 3.18. The number of nitrogens with one attached hydrogen (secondary N) is 1. The average Bonchev–Trinajstić information content (AvgIpc) is 2.89. The second-order valence-electron chi connectivity index (χ2n) is 6.31. The molecule has 4 nitrogen and oxygen atoms in total. The molecular formula is C14H26N2O2. The summed E-state index contributed by atoms with van der Waals surface area (Å²) < 4.78 is 5.61. The van der Waals surface area contributed by atoms with Crippen LogP contribution in [0.5, 0.6) is 0 Å². The van der Waals surface area contributed by atoms with Crippen LogP contribution in [0.4, 0.5) is 0 Å². The minimum absolute atomic E-state index is 0.0598. The smallest absolute Gasteiger partial charge is 0.222 e. The number of nitrogens with zero attached hydrogens (tertiary/aromatic N) is 1. The van der Waals surface area contributed by atoms with Gasteiger partial charge in [0.1, 0.15) is 0 Å². The van der Waals surface area contributed by atoms with Crippen molar-refractivity contribution in [2.75, 3.05) is 19.7 Å². The predicted octanol–water partition coefficient (Wildman–Crippen LogP) is 1.26. The van der Waals surface area contributed by atoms with Gasteiger partial charge in [0.15, 0.2) is 0 Å². The molecule has 1 amide bonds. The van der Waals surface area contributed by atoms with Crippen molar-refractivity contribution in [3.63, 3.8) is 0 Å². The van der Waals surface area contributed by atoms with Gasteiger partial charge in [-0.25, -0.2) is 0 Å². The van der Waals surface area contributed by atoms with Gasteiger partial charge in [0.25, 0.3) is 0 Å². The first-order chi connectivity index (χ1) is 8.47. The van der Waals surface area contributed by atoms with Crippen LogP contribution in [-0.2, 0) is 9.53 Å². The molecule has 0 saturated carbocycles. The third kappa shape index (κ3) is 3.04. The number of fused-ring (bicyclic) bond motifs is 2. The van der Waals surface area contributed by atoms with E-state index in [2.05, 4.69) is 24.1 Å². The van der Waals surface area contributed by atoms with Crippen LogP contribution in [0.1, 0.15) is 34.1 Å². The highest BCUT2D eigenvalue weighted by atomic mass is 16.5. The van der Waals surface area contributed by atoms with E-state index < -0.39 is 0 Å². The third-order valence-electron chi connectivity index (χ3n) is 4.10. The first kappa shape index (κ1) is 13.8. The molecule has 0 aromatic heterocycles. The van der Waals surface area contributed by atoms with Gasteiger partial charge in [-0.15, -0.1) is 0 Å². The number of carbonyl (C=O) groups is 1. The molecule has 2 aliphatic heterocycles. The van der Waals surface area contributed by atoms with Crippen molar-refractivity contribution in [2.45, 2.75) is 52.3 Å². The van der Waals surface area contributed by atoms with E-state index >= 15 is 0 Å². The molecule has 0 aliphatic carbocycles. The first-order valence-electron chi connectivity index (χ1n) is 7.13. The summed E-state index contributed by atoms with van der Waals surface area (Å²) >= 11 is 0. The lowest BCUT2D eigenvalue weighted by Gasteiger charge is -2.33. The number of likely N-dealkylation sites (tertiary alicyclic amines) is 1. The molecule has 0 radical (unpaired) electrons. The van der Waals surface area contributed by atoms with E-state index in [1.54, 1.807) is 0 Å². The van der Waals surface area contributed by atoms with Crippen molar-refractivity contribution in [2.24, 2.45) is 11.8 Å². The van der Waals surface area contributed by atoms with Crippen molar-refractivity contribution in [3.05, 3.63) is 0 Å². The molecule has 2 rings (SSSR count). The van der Waals surface area contributed by atoms with Crippen LogP contribution < -0.4 is 5.32 Å². The fourth-order valence-electron chi connectivity index (χ4n) is 2.73. The van der Waals surface area contributed by atoms with Crippen LogP contribution in [-0.4, -0.2) is 48.7 Å². The fourth-order valence-corrected chi connectivity index (χ4v) is 2.73. The molecule has 2 saturated heterocycles. The lowest BCUT2D eigenvalue weighted by Crippen LogP contribution is -2.50. The molecule has 0 spiro atoms. The molecule has 18 heavy (non-hydrogen) atoms. The van der Waals surface area contributed by atoms with Crippen LogP contribution in [0.2, 0.25) is 0 Å². The monoisotopic (exact) mass is 254 g/mol. The summed E-state index contributed by atoms with van der Waals surface area (Å²) in [7, 11) is 0. The minimum atomic E-state index is 0.0598. The zero-order valence-corrected chi connectivity index (χ0v) is 12.0. The molecule has 2 aliphatic rings. The normalized spacial score (nSPS) is 29.2. The lowest BCUT2D eigenvalue weighted by molar-refractivity contribution is -0.125. The van der Waals surface area contributed by atoms with Gasteiger partial charge in [0.2, 0.25) is 5.91 Å². The molecule has 0 aromatic rings. The van der Waals surface area contributed by atoms with Gasteiger partial charge in [-0.2, -0.15) is 0 Å². The highest BCUT2D eigenvalue weighted by Crippen LogP contribution is 2.28. The SMILES string of the molecule is CC(C)C(=O)NC(CN1C[C@H]2C[C@@H]1CO2)C(C)C. The number of ether oxygens (including phenoxy) is 1. The quantitative estimate of drug-likeness (QED) is 0.803. The van der Waals surface area contributed by atoms with E-state index in [9.17, 15) is 4.79 Å². The van der Waals surface area contributed by atoms with Crippen LogP contribution in [0.25, 0.3) is 0 Å². The van der Waals surface area contributed by atoms with Gasteiger partial charge in [0, 0.05) is 31.1 Å². The molecule has 3 atom stereocenters. The Morgan fingerprint density at radius 2 is 2.11 bits per heavy atom. The zero-order valence-electron chi connectivity index (χ0n) is 12.0. The van der Waals surface area contributed by atoms with Crippen LogP contribution in [0, 0.1) is 11.8 Å². The predicted molar refractivity (Wildman–Crippen MR) is 71.3 cm³/mol. The Hall–Kier alpha value is -0.610. The molecule has 4 heteroatoms. The second kappa shape index (κ2) is 5.57. The van der Waals surface area contributed by atoms with Crippen molar-refractivity contribution in [1.82, 2.24) is 10.2 Å². The van der Waals surface area contributed by atoms with E-state index in [1.807, 2.05) is 13.8 Å². The largest absolute Gasteiger partial charge is 0.375 e. The van der Waals surface area contributed by atoms with Crippen LogP contribution in [0.15, 0.2) is 0 Å². The Bertz CT molecular complexity index is 304. The topological polar surface area (TPSA) is 41.6 Å². The van der Waals surface area contributed by atoms with Gasteiger partial charge in [-0.1, -0.05) is 27.7 Å². The van der Waals surface area contributed by atoms with E-state index in [1.165, 1.54) is 6.42 Å². The molecule has 2 fully saturated rings. The number of amides is 1. The summed E-state index contributed by atoms with van der Waals surface area (Å²) in [6, 6.07) is 0.825. The number of morpholine rings is 1. The van der Waals surface area contributed by atoms with E-state index in [-0.39, 0.29) is 17.9 Å². The summed E-state index contributed by atoms with van der Waals surface area (Å²) in [6.45, 7) is 11.1. The maximum Gasteiger partial charge on any atom is 0.222 e. The van der Waals surface area contributed by atoms with Gasteiger partial charge in [-0.05, 0) is 12.3 Å². The van der Waals surface area contributed by atoms with Gasteiger partial charge < -0.3 is 10.1 Å². The fraction of sp³-hybridized carbons (Fsp3) is 0.929. The summed E-state index contributed by atoms with van der Waals surface area (Å²) in [4.78, 5) is 14.3. The number of hydrogen-bond donors (Lipinski definition) is 1. The molecule has 1 unspecified atom stereocenters. The van der Waals surface area contributed by atoms with Crippen molar-refractivity contribution in [3.8, 4) is 0 Å². The van der Waals surface area contributed by atoms with Crippen LogP contribution in [0.3, 0.4) is 0 Å². The Kier molecular flexibility index (Phi) is 4.28. The third-order valence-corrected chi connectivity index (χ3v) is 4.10. The minimum Gasteiger partial charge on any atom is -0.375 e. The molecule has 104 valence electrons. The summed E-state index contributed by atoms with van der Waals surface area (Å²) in [5.74, 6) is 0.687. The molecular weight excluding hydrogens is 228 g/mol. The highest BCUT2D eigenvalue weighted by molar-refractivity contribution is 5.78. The molecule has 1 N–H and O–H groups in total. The van der Waals surface area contributed by atoms with Gasteiger partial charge in [-0.3, -0.25) is 9.69 Å². The van der Waals surface area contributed by atoms with E-state index in [0.717, 1.165) is 19.7 Å². The maximum atomic E-state index is 11.8. The Morgan fingerprint density at radius 3 is 2.56 bits per heavy atom. The molecule has 2 bridgehead atoms. The van der Waals surface area contributed by atoms with Gasteiger partial charge in [0.05, 0.1) is 12.7 Å². The second-order valence-corrected chi connectivity index (χ2v) is 6.31. The van der Waals surface area contributed by atoms with Crippen molar-refractivity contribution in [1.29, 1.82) is 0 Å². The van der Waals surface area contributed by atoms with E-state index in [4.69, 9.17) is 4.74 Å². The maximum absolute atomic E-state index is 11.8. The summed E-state index contributed by atoms with van der Waals surface area (Å²) in [5.41, 5.74) is 0. The summed E-state index contributed by atoms with van der Waals surface area (Å²) in [6.07, 6.45) is 1.60. The Balaban J connectivity index is 1.88. The molecule has 2 heterocycles. The van der Waals surface area contributed by atoms with Crippen molar-refractivity contribution >= 4 is 5.91 Å². The number of rotatable bonds is 5. The highest BCUT2D eigenvalue weighted by Gasteiger charge is 2.40. The standard InChI is InChI=1S/C14H26N2O2/c1-9(2)13(15-14(17)10(3)4)7-16-6-12-5-11(16)8-18-12/h9-13H,5-8H2,1-4H3,(H,15,17)/t11-,12-,13?/m1/s1. The Morgan fingerprint density at radius 1 is 1.39 bits per heavy atom. The van der Waals surface area contributed by atoms with Gasteiger partial charge >= 0.3 is 0 Å². The Labute approximate surface area is 110 Å². The molecule has 0 aromatic carbocycles. The number of hydrogen-bond acceptors (Lipinski definition) is 3. The van der Waals surface area contributed by atoms with Crippen molar-refractivity contribution < 1.29 is 9.53 Å². The zero-order chi connectivity index (χ0) is 13.3. The van der Waals surface area contributed by atoms with E-state index in [0.29, 0.717) is 18.1 Å². The first-order valence-corrected chi connectivity index (χ1v) is 7.13. The average molecular weight is 254 g/mol.